The van der Waals surface area contributed by atoms with Crippen LogP contribution in [0.15, 0.2) is 0 Å². The molecule has 0 aromatic carbocycles. The average Bonchev–Trinajstić information content (AvgIpc) is 2.61. The van der Waals surface area contributed by atoms with Crippen molar-refractivity contribution in [2.24, 2.45) is 0 Å². The van der Waals surface area contributed by atoms with E-state index in [1.165, 1.54) is 0 Å². The SMILES string of the molecule is CCCCC(=O)NC(C)COC(C)(C)COC(C)(C)CC(C)NC(=O)CCCC. The zero-order valence-corrected chi connectivity index (χ0v) is 20.2. The quantitative estimate of drug-likeness (QED) is 0.393. The predicted molar refractivity (Wildman–Crippen MR) is 119 cm³/mol. The Hall–Kier alpha value is -1.14. The van der Waals surface area contributed by atoms with Crippen molar-refractivity contribution in [1.29, 1.82) is 0 Å². The smallest absolute Gasteiger partial charge is 0.220 e. The summed E-state index contributed by atoms with van der Waals surface area (Å²) in [7, 11) is 0. The van der Waals surface area contributed by atoms with Crippen molar-refractivity contribution in [3.63, 3.8) is 0 Å². The molecule has 29 heavy (non-hydrogen) atoms. The van der Waals surface area contributed by atoms with Crippen LogP contribution in [0.3, 0.4) is 0 Å². The normalized spacial score (nSPS) is 14.3. The number of carbonyl (C=O) groups is 2. The molecule has 0 aliphatic carbocycles. The zero-order chi connectivity index (χ0) is 22.5. The number of ether oxygens (including phenoxy) is 2. The lowest BCUT2D eigenvalue weighted by Crippen LogP contribution is -2.44. The van der Waals surface area contributed by atoms with Crippen molar-refractivity contribution in [2.75, 3.05) is 13.2 Å². The van der Waals surface area contributed by atoms with Gasteiger partial charge in [0.2, 0.25) is 11.8 Å². The highest BCUT2D eigenvalue weighted by Crippen LogP contribution is 2.21. The number of nitrogens with one attached hydrogen (secondary N) is 2. The van der Waals surface area contributed by atoms with E-state index >= 15 is 0 Å². The number of hydrogen-bond acceptors (Lipinski definition) is 4. The molecule has 0 aliphatic rings. The second kappa shape index (κ2) is 14.0. The van der Waals surface area contributed by atoms with Crippen LogP contribution in [-0.4, -0.2) is 48.3 Å². The van der Waals surface area contributed by atoms with Gasteiger partial charge in [0, 0.05) is 24.9 Å². The molecule has 0 aromatic heterocycles. The van der Waals surface area contributed by atoms with Crippen molar-refractivity contribution in [2.45, 2.75) is 124 Å². The van der Waals surface area contributed by atoms with Crippen LogP contribution in [0.4, 0.5) is 0 Å². The van der Waals surface area contributed by atoms with Gasteiger partial charge in [-0.25, -0.2) is 0 Å². The molecule has 0 heterocycles. The van der Waals surface area contributed by atoms with E-state index < -0.39 is 5.60 Å². The van der Waals surface area contributed by atoms with E-state index in [-0.39, 0.29) is 29.5 Å². The first kappa shape index (κ1) is 27.9. The number of hydrogen-bond donors (Lipinski definition) is 2. The minimum Gasteiger partial charge on any atom is -0.373 e. The van der Waals surface area contributed by atoms with Crippen LogP contribution in [0.1, 0.15) is 100 Å². The molecular formula is C23H46N2O4. The summed E-state index contributed by atoms with van der Waals surface area (Å²) >= 11 is 0. The third-order valence-corrected chi connectivity index (χ3v) is 4.66. The molecule has 0 rings (SSSR count). The molecule has 0 bridgehead atoms. The maximum atomic E-state index is 11.9. The summed E-state index contributed by atoms with van der Waals surface area (Å²) in [4.78, 5) is 23.7. The van der Waals surface area contributed by atoms with E-state index in [1.54, 1.807) is 0 Å². The second-order valence-electron chi connectivity index (χ2n) is 9.47. The summed E-state index contributed by atoms with van der Waals surface area (Å²) in [6, 6.07) is 0.0155. The Morgan fingerprint density at radius 2 is 1.28 bits per heavy atom. The molecule has 6 heteroatoms. The van der Waals surface area contributed by atoms with Crippen molar-refractivity contribution in [1.82, 2.24) is 10.6 Å². The highest BCUT2D eigenvalue weighted by Gasteiger charge is 2.28. The lowest BCUT2D eigenvalue weighted by Gasteiger charge is -2.34. The molecule has 2 unspecified atom stereocenters. The van der Waals surface area contributed by atoms with Crippen LogP contribution >= 0.6 is 0 Å². The fraction of sp³-hybridized carbons (Fsp3) is 0.913. The highest BCUT2D eigenvalue weighted by molar-refractivity contribution is 5.76. The van der Waals surface area contributed by atoms with Gasteiger partial charge < -0.3 is 20.1 Å². The van der Waals surface area contributed by atoms with Crippen molar-refractivity contribution in [3.05, 3.63) is 0 Å². The Bertz CT molecular complexity index is 477. The lowest BCUT2D eigenvalue weighted by atomic mass is 9.99. The first-order valence-electron chi connectivity index (χ1n) is 11.3. The van der Waals surface area contributed by atoms with Gasteiger partial charge >= 0.3 is 0 Å². The standard InChI is InChI=1S/C23H46N2O4/c1-9-11-13-20(26)24-18(3)15-22(5,6)29-17-23(7,8)28-16-19(4)25-21(27)14-12-10-2/h18-19H,9-17H2,1-8H3,(H,24,26)(H,25,27). The molecule has 0 saturated heterocycles. The van der Waals surface area contributed by atoms with Crippen LogP contribution < -0.4 is 10.6 Å². The van der Waals surface area contributed by atoms with E-state index in [4.69, 9.17) is 9.47 Å². The molecule has 0 fully saturated rings. The average molecular weight is 415 g/mol. The topological polar surface area (TPSA) is 76.7 Å². The summed E-state index contributed by atoms with van der Waals surface area (Å²) in [5, 5.41) is 6.02. The van der Waals surface area contributed by atoms with Crippen molar-refractivity contribution >= 4 is 11.8 Å². The number of rotatable bonds is 16. The Morgan fingerprint density at radius 1 is 0.793 bits per heavy atom. The molecule has 2 atom stereocenters. The number of carbonyl (C=O) groups excluding carboxylic acids is 2. The predicted octanol–water partition coefficient (Wildman–Crippen LogP) is 4.36. The summed E-state index contributed by atoms with van der Waals surface area (Å²) in [5.41, 5.74) is -0.842. The minimum atomic E-state index is -0.465. The van der Waals surface area contributed by atoms with E-state index in [0.29, 0.717) is 26.1 Å². The largest absolute Gasteiger partial charge is 0.373 e. The fourth-order valence-electron chi connectivity index (χ4n) is 3.02. The highest BCUT2D eigenvalue weighted by atomic mass is 16.6. The third kappa shape index (κ3) is 15.4. The maximum Gasteiger partial charge on any atom is 0.220 e. The van der Waals surface area contributed by atoms with Gasteiger partial charge in [-0.3, -0.25) is 9.59 Å². The summed E-state index contributed by atoms with van der Waals surface area (Å²) in [6.45, 7) is 17.1. The van der Waals surface area contributed by atoms with Crippen LogP contribution in [-0.2, 0) is 19.1 Å². The van der Waals surface area contributed by atoms with Gasteiger partial charge in [-0.2, -0.15) is 0 Å². The van der Waals surface area contributed by atoms with Gasteiger partial charge in [0.15, 0.2) is 0 Å². The van der Waals surface area contributed by atoms with Crippen LogP contribution in [0, 0.1) is 0 Å². The van der Waals surface area contributed by atoms with Gasteiger partial charge in [-0.15, -0.1) is 0 Å². The van der Waals surface area contributed by atoms with Gasteiger partial charge in [0.05, 0.1) is 24.4 Å². The summed E-state index contributed by atoms with van der Waals surface area (Å²) < 4.78 is 12.1. The number of unbranched alkanes of at least 4 members (excludes halogenated alkanes) is 2. The van der Waals surface area contributed by atoms with E-state index in [0.717, 1.165) is 32.1 Å². The lowest BCUT2D eigenvalue weighted by molar-refractivity contribution is -0.132. The van der Waals surface area contributed by atoms with Crippen molar-refractivity contribution in [3.8, 4) is 0 Å². The first-order chi connectivity index (χ1) is 13.4. The molecular weight excluding hydrogens is 368 g/mol. The minimum absolute atomic E-state index is 0.0370. The Kier molecular flexibility index (Phi) is 13.4. The molecule has 0 aromatic rings. The van der Waals surface area contributed by atoms with Gasteiger partial charge in [-0.05, 0) is 60.8 Å². The number of amides is 2. The second-order valence-corrected chi connectivity index (χ2v) is 9.47. The molecule has 0 aliphatic heterocycles. The maximum absolute atomic E-state index is 11.9. The van der Waals surface area contributed by atoms with E-state index in [1.807, 2.05) is 41.5 Å². The van der Waals surface area contributed by atoms with Crippen LogP contribution in [0.5, 0.6) is 0 Å². The van der Waals surface area contributed by atoms with Crippen molar-refractivity contribution < 1.29 is 19.1 Å². The van der Waals surface area contributed by atoms with Gasteiger partial charge in [-0.1, -0.05) is 26.7 Å². The molecule has 0 spiro atoms. The van der Waals surface area contributed by atoms with E-state index in [2.05, 4.69) is 24.5 Å². The molecule has 2 N–H and O–H groups in total. The zero-order valence-electron chi connectivity index (χ0n) is 20.2. The molecule has 0 saturated carbocycles. The summed E-state index contributed by atoms with van der Waals surface area (Å²) in [5.74, 6) is 0.182. The summed E-state index contributed by atoms with van der Waals surface area (Å²) in [6.07, 6.45) is 5.73. The monoisotopic (exact) mass is 414 g/mol. The van der Waals surface area contributed by atoms with Gasteiger partial charge in [0.1, 0.15) is 0 Å². The molecule has 172 valence electrons. The molecule has 2 amide bonds. The Labute approximate surface area is 178 Å². The van der Waals surface area contributed by atoms with Crippen LogP contribution in [0.25, 0.3) is 0 Å². The Balaban J connectivity index is 4.29. The van der Waals surface area contributed by atoms with E-state index in [9.17, 15) is 9.59 Å². The Morgan fingerprint density at radius 3 is 1.76 bits per heavy atom. The first-order valence-corrected chi connectivity index (χ1v) is 11.3. The third-order valence-electron chi connectivity index (χ3n) is 4.66. The van der Waals surface area contributed by atoms with Crippen LogP contribution in [0.2, 0.25) is 0 Å². The van der Waals surface area contributed by atoms with Gasteiger partial charge in [0.25, 0.3) is 0 Å². The molecule has 0 radical (unpaired) electrons. The molecule has 6 nitrogen and oxygen atoms in total. The fourth-order valence-corrected chi connectivity index (χ4v) is 3.02.